The molecule has 2 heterocycles. The first kappa shape index (κ1) is 22.1. The second-order valence-electron chi connectivity index (χ2n) is 9.57. The number of hydrogen-bond acceptors (Lipinski definition) is 6. The molecule has 5 atom stereocenters. The maximum atomic E-state index is 13.5. The third-order valence-corrected chi connectivity index (χ3v) is 7.57. The summed E-state index contributed by atoms with van der Waals surface area (Å²) in [5, 5.41) is 14.9. The number of nitro groups is 1. The van der Waals surface area contributed by atoms with Crippen LogP contribution >= 0.6 is 0 Å². The van der Waals surface area contributed by atoms with Gasteiger partial charge < -0.3 is 5.32 Å². The predicted octanol–water partition coefficient (Wildman–Crippen LogP) is 4.02. The van der Waals surface area contributed by atoms with E-state index >= 15 is 0 Å². The normalized spacial score (nSPS) is 24.8. The highest BCUT2D eigenvalue weighted by molar-refractivity contribution is 6.07. The van der Waals surface area contributed by atoms with Crippen LogP contribution in [0.3, 0.4) is 0 Å². The molecule has 1 saturated carbocycles. The summed E-state index contributed by atoms with van der Waals surface area (Å²) in [5.41, 5.74) is 1.76. The van der Waals surface area contributed by atoms with Crippen molar-refractivity contribution < 1.29 is 19.3 Å². The highest BCUT2D eigenvalue weighted by Crippen LogP contribution is 2.54. The molecule has 2 bridgehead atoms. The van der Waals surface area contributed by atoms with E-state index in [0.717, 1.165) is 17.3 Å². The van der Waals surface area contributed by atoms with Crippen molar-refractivity contribution in [3.63, 3.8) is 0 Å². The van der Waals surface area contributed by atoms with Crippen LogP contribution in [0.5, 0.6) is 0 Å². The van der Waals surface area contributed by atoms with Gasteiger partial charge in [0.15, 0.2) is 0 Å². The van der Waals surface area contributed by atoms with E-state index in [1.54, 1.807) is 24.4 Å². The first-order valence-corrected chi connectivity index (χ1v) is 11.8. The minimum absolute atomic E-state index is 0.0407. The van der Waals surface area contributed by atoms with Crippen molar-refractivity contribution in [2.45, 2.75) is 18.9 Å². The Morgan fingerprint density at radius 2 is 1.75 bits per heavy atom. The summed E-state index contributed by atoms with van der Waals surface area (Å²) in [6.07, 6.45) is 6.37. The van der Waals surface area contributed by atoms with E-state index in [9.17, 15) is 24.5 Å². The van der Waals surface area contributed by atoms with Crippen LogP contribution in [0.25, 0.3) is 10.9 Å². The first-order valence-electron chi connectivity index (χ1n) is 11.8. The largest absolute Gasteiger partial charge is 0.326 e. The summed E-state index contributed by atoms with van der Waals surface area (Å²) >= 11 is 0. The van der Waals surface area contributed by atoms with Gasteiger partial charge in [-0.1, -0.05) is 30.4 Å². The number of carbonyl (C=O) groups is 3. The van der Waals surface area contributed by atoms with Crippen molar-refractivity contribution in [3.8, 4) is 0 Å². The average Bonchev–Trinajstić information content (AvgIpc) is 3.56. The van der Waals surface area contributed by atoms with Crippen LogP contribution < -0.4 is 5.32 Å². The lowest BCUT2D eigenvalue weighted by atomic mass is 9.85. The van der Waals surface area contributed by atoms with Gasteiger partial charge in [-0.25, -0.2) is 0 Å². The number of rotatable bonds is 6. The molecule has 9 nitrogen and oxygen atoms in total. The van der Waals surface area contributed by atoms with E-state index in [2.05, 4.69) is 10.3 Å². The smallest absolute Gasteiger partial charge is 0.269 e. The molecule has 1 saturated heterocycles. The van der Waals surface area contributed by atoms with Gasteiger partial charge in [0.2, 0.25) is 17.7 Å². The number of hydrogen-bond donors (Lipinski definition) is 1. The molecule has 2 aliphatic carbocycles. The Morgan fingerprint density at radius 1 is 1.06 bits per heavy atom. The molecule has 2 aromatic carbocycles. The Kier molecular flexibility index (Phi) is 5.13. The molecule has 3 aliphatic rings. The van der Waals surface area contributed by atoms with Gasteiger partial charge in [0.05, 0.1) is 34.7 Å². The Hall–Kier alpha value is -4.40. The maximum absolute atomic E-state index is 13.5. The number of pyridine rings is 1. The Bertz CT molecular complexity index is 1420. The van der Waals surface area contributed by atoms with Crippen molar-refractivity contribution >= 4 is 40.0 Å². The molecule has 9 heteroatoms. The van der Waals surface area contributed by atoms with Crippen LogP contribution in [0.4, 0.5) is 11.4 Å². The lowest BCUT2D eigenvalue weighted by molar-refractivity contribution is -0.384. The zero-order chi connectivity index (χ0) is 25.0. The third-order valence-electron chi connectivity index (χ3n) is 7.57. The number of nitrogens with zero attached hydrogens (tertiary/aromatic N) is 3. The summed E-state index contributed by atoms with van der Waals surface area (Å²) in [6.45, 7) is 0. The van der Waals surface area contributed by atoms with Gasteiger partial charge in [0.1, 0.15) is 0 Å². The lowest BCUT2D eigenvalue weighted by Gasteiger charge is -2.28. The number of imide groups is 1. The number of aromatic nitrogens is 1. The van der Waals surface area contributed by atoms with E-state index < -0.39 is 22.8 Å². The number of fused-ring (bicyclic) bond motifs is 6. The Morgan fingerprint density at radius 3 is 2.42 bits per heavy atom. The first-order chi connectivity index (χ1) is 17.4. The number of allylic oxidation sites excluding steroid dienone is 2. The van der Waals surface area contributed by atoms with Crippen LogP contribution in [-0.2, 0) is 14.4 Å². The fraction of sp³-hybridized carbons (Fsp3) is 0.259. The van der Waals surface area contributed by atoms with Crippen LogP contribution in [0, 0.1) is 33.8 Å². The molecule has 1 aliphatic heterocycles. The quantitative estimate of drug-likeness (QED) is 0.245. The standard InChI is InChI=1S/C27H22N4O5/c32-23(29-19-7-10-21-16(13-19)2-1-11-28-21)14-22(15-5-8-20(9-6-15)31(35)36)30-26(33)24-17-3-4-18(12-17)25(24)27(30)34/h1-11,13,17-18,22,24-25H,12,14H2,(H,29,32). The highest BCUT2D eigenvalue weighted by Gasteiger charge is 2.60. The monoisotopic (exact) mass is 482 g/mol. The van der Waals surface area contributed by atoms with Gasteiger partial charge in [0.25, 0.3) is 5.69 Å². The fourth-order valence-corrected chi connectivity index (χ4v) is 5.95. The van der Waals surface area contributed by atoms with E-state index in [-0.39, 0.29) is 41.7 Å². The molecule has 180 valence electrons. The van der Waals surface area contributed by atoms with E-state index in [1.807, 2.05) is 24.3 Å². The van der Waals surface area contributed by atoms with Gasteiger partial charge in [-0.05, 0) is 48.1 Å². The van der Waals surface area contributed by atoms with Crippen molar-refractivity contribution in [2.24, 2.45) is 23.7 Å². The number of amides is 3. The summed E-state index contributed by atoms with van der Waals surface area (Å²) < 4.78 is 0. The number of non-ortho nitro benzene ring substituents is 1. The van der Waals surface area contributed by atoms with Gasteiger partial charge in [-0.3, -0.25) is 34.4 Å². The zero-order valence-corrected chi connectivity index (χ0v) is 19.1. The number of carbonyl (C=O) groups excluding carboxylic acids is 3. The van der Waals surface area contributed by atoms with Crippen molar-refractivity contribution in [3.05, 3.63) is 88.6 Å². The SMILES string of the molecule is O=C(CC(c1ccc([N+](=O)[O-])cc1)N1C(=O)C2C3C=CC(C3)C2C1=O)Nc1ccc2ncccc2c1. The number of nitrogens with one attached hydrogen (secondary N) is 1. The zero-order valence-electron chi connectivity index (χ0n) is 19.1. The highest BCUT2D eigenvalue weighted by atomic mass is 16.6. The van der Waals surface area contributed by atoms with Crippen LogP contribution in [0.1, 0.15) is 24.4 Å². The summed E-state index contributed by atoms with van der Waals surface area (Å²) in [4.78, 5) is 56.3. The molecule has 0 spiro atoms. The minimum atomic E-state index is -0.863. The second-order valence-corrected chi connectivity index (χ2v) is 9.57. The van der Waals surface area contributed by atoms with Crippen LogP contribution in [0.2, 0.25) is 0 Å². The number of benzene rings is 2. The van der Waals surface area contributed by atoms with Crippen molar-refractivity contribution in [1.82, 2.24) is 9.88 Å². The fourth-order valence-electron chi connectivity index (χ4n) is 5.95. The lowest BCUT2D eigenvalue weighted by Crippen LogP contribution is -2.38. The predicted molar refractivity (Wildman–Crippen MR) is 130 cm³/mol. The van der Waals surface area contributed by atoms with Gasteiger partial charge in [-0.2, -0.15) is 0 Å². The molecule has 5 unspecified atom stereocenters. The third kappa shape index (κ3) is 3.55. The van der Waals surface area contributed by atoms with E-state index in [1.165, 1.54) is 29.2 Å². The molecule has 1 aromatic heterocycles. The molecule has 6 rings (SSSR count). The van der Waals surface area contributed by atoms with E-state index in [0.29, 0.717) is 11.3 Å². The van der Waals surface area contributed by atoms with Crippen molar-refractivity contribution in [2.75, 3.05) is 5.32 Å². The van der Waals surface area contributed by atoms with Crippen molar-refractivity contribution in [1.29, 1.82) is 0 Å². The van der Waals surface area contributed by atoms with Gasteiger partial charge in [-0.15, -0.1) is 0 Å². The van der Waals surface area contributed by atoms with Crippen LogP contribution in [-0.4, -0.2) is 32.5 Å². The number of anilines is 1. The Labute approximate surface area is 206 Å². The number of likely N-dealkylation sites (tertiary alicyclic amines) is 1. The molecule has 3 amide bonds. The summed E-state index contributed by atoms with van der Waals surface area (Å²) in [7, 11) is 0. The average molecular weight is 482 g/mol. The van der Waals surface area contributed by atoms with Gasteiger partial charge >= 0.3 is 0 Å². The van der Waals surface area contributed by atoms with Gasteiger partial charge in [0, 0.05) is 29.4 Å². The molecular formula is C27H22N4O5. The molecule has 2 fully saturated rings. The summed E-state index contributed by atoms with van der Waals surface area (Å²) in [6, 6.07) is 13.9. The Balaban J connectivity index is 1.30. The molecule has 3 aromatic rings. The molecule has 1 N–H and O–H groups in total. The topological polar surface area (TPSA) is 123 Å². The molecule has 36 heavy (non-hydrogen) atoms. The van der Waals surface area contributed by atoms with E-state index in [4.69, 9.17) is 0 Å². The summed E-state index contributed by atoms with van der Waals surface area (Å²) in [5.74, 6) is -1.63. The minimum Gasteiger partial charge on any atom is -0.326 e. The molecule has 0 radical (unpaired) electrons. The van der Waals surface area contributed by atoms with Crippen LogP contribution in [0.15, 0.2) is 72.9 Å². The number of nitro benzene ring substituents is 1. The maximum Gasteiger partial charge on any atom is 0.269 e. The molecular weight excluding hydrogens is 460 g/mol. The second kappa shape index (κ2) is 8.37.